The number of nitrogen functional groups attached to an aromatic ring is 1. The van der Waals surface area contributed by atoms with Gasteiger partial charge in [-0.25, -0.2) is 0 Å². The molecule has 0 heterocycles. The highest BCUT2D eigenvalue weighted by Gasteiger charge is 2.10. The number of para-hydroxylation sites is 2. The molecule has 4 heteroatoms. The molecule has 106 valence electrons. The summed E-state index contributed by atoms with van der Waals surface area (Å²) in [4.78, 5) is 0. The van der Waals surface area contributed by atoms with Crippen LogP contribution >= 0.6 is 0 Å². The highest BCUT2D eigenvalue weighted by molar-refractivity contribution is 5.63. The van der Waals surface area contributed by atoms with Gasteiger partial charge in [0.25, 0.3) is 0 Å². The first kappa shape index (κ1) is 14.2. The average molecular weight is 273 g/mol. The van der Waals surface area contributed by atoms with E-state index in [2.05, 4.69) is 0 Å². The van der Waals surface area contributed by atoms with Gasteiger partial charge in [0, 0.05) is 5.56 Å². The quantitative estimate of drug-likeness (QED) is 0.792. The first-order valence-electron chi connectivity index (χ1n) is 6.64. The van der Waals surface area contributed by atoms with Gasteiger partial charge in [-0.1, -0.05) is 31.2 Å². The van der Waals surface area contributed by atoms with Crippen molar-refractivity contribution < 1.29 is 14.6 Å². The third kappa shape index (κ3) is 3.22. The Morgan fingerprint density at radius 2 is 1.70 bits per heavy atom. The second-order valence-corrected chi connectivity index (χ2v) is 4.38. The van der Waals surface area contributed by atoms with Crippen LogP contribution in [0, 0.1) is 0 Å². The standard InChI is InChI=1S/C16H19NO3/c1-2-10-19-14-8-5-9-15(16(14)17)20-13-7-4-3-6-12(13)11-18/h3-9,18H,2,10-11,17H2,1H3. The van der Waals surface area contributed by atoms with Gasteiger partial charge in [0.05, 0.1) is 13.2 Å². The Morgan fingerprint density at radius 1 is 1.00 bits per heavy atom. The molecule has 0 saturated heterocycles. The Balaban J connectivity index is 2.25. The van der Waals surface area contributed by atoms with Crippen molar-refractivity contribution >= 4 is 5.69 Å². The van der Waals surface area contributed by atoms with Crippen molar-refractivity contribution in [2.75, 3.05) is 12.3 Å². The molecule has 0 spiro atoms. The van der Waals surface area contributed by atoms with Crippen LogP contribution in [0.5, 0.6) is 17.2 Å². The highest BCUT2D eigenvalue weighted by atomic mass is 16.5. The van der Waals surface area contributed by atoms with Crippen molar-refractivity contribution in [1.82, 2.24) is 0 Å². The van der Waals surface area contributed by atoms with Gasteiger partial charge in [-0.2, -0.15) is 0 Å². The van der Waals surface area contributed by atoms with Gasteiger partial charge in [-0.05, 0) is 24.6 Å². The Kier molecular flexibility index (Phi) is 4.85. The maximum absolute atomic E-state index is 9.30. The third-order valence-electron chi connectivity index (χ3n) is 2.85. The second kappa shape index (κ2) is 6.82. The minimum Gasteiger partial charge on any atom is -0.491 e. The minimum atomic E-state index is -0.0812. The summed E-state index contributed by atoms with van der Waals surface area (Å²) in [5.74, 6) is 1.74. The van der Waals surface area contributed by atoms with Gasteiger partial charge in [0.1, 0.15) is 17.2 Å². The fourth-order valence-electron chi connectivity index (χ4n) is 1.80. The van der Waals surface area contributed by atoms with Crippen LogP contribution in [0.15, 0.2) is 42.5 Å². The van der Waals surface area contributed by atoms with Crippen LogP contribution in [0.4, 0.5) is 5.69 Å². The number of anilines is 1. The topological polar surface area (TPSA) is 64.7 Å². The van der Waals surface area contributed by atoms with Gasteiger partial charge in [-0.3, -0.25) is 0 Å². The van der Waals surface area contributed by atoms with E-state index in [1.807, 2.05) is 37.3 Å². The molecular weight excluding hydrogens is 254 g/mol. The van der Waals surface area contributed by atoms with E-state index in [4.69, 9.17) is 15.2 Å². The summed E-state index contributed by atoms with van der Waals surface area (Å²) in [6.45, 7) is 2.57. The number of aliphatic hydroxyl groups is 1. The van der Waals surface area contributed by atoms with Crippen LogP contribution in [-0.2, 0) is 6.61 Å². The number of hydrogen-bond donors (Lipinski definition) is 2. The van der Waals surface area contributed by atoms with Crippen LogP contribution in [0.1, 0.15) is 18.9 Å². The van der Waals surface area contributed by atoms with E-state index in [1.54, 1.807) is 12.1 Å². The lowest BCUT2D eigenvalue weighted by Crippen LogP contribution is -2.01. The van der Waals surface area contributed by atoms with E-state index in [0.717, 1.165) is 6.42 Å². The maximum atomic E-state index is 9.30. The molecule has 20 heavy (non-hydrogen) atoms. The summed E-state index contributed by atoms with van der Waals surface area (Å²) < 4.78 is 11.4. The lowest BCUT2D eigenvalue weighted by molar-refractivity contribution is 0.276. The predicted molar refractivity (Wildman–Crippen MR) is 79.1 cm³/mol. The Hall–Kier alpha value is -2.20. The molecule has 0 bridgehead atoms. The van der Waals surface area contributed by atoms with Crippen LogP contribution in [0.3, 0.4) is 0 Å². The molecule has 0 radical (unpaired) electrons. The lowest BCUT2D eigenvalue weighted by atomic mass is 10.2. The normalized spacial score (nSPS) is 10.3. The van der Waals surface area contributed by atoms with Gasteiger partial charge < -0.3 is 20.3 Å². The molecule has 0 aliphatic carbocycles. The number of rotatable bonds is 6. The molecule has 2 aromatic carbocycles. The van der Waals surface area contributed by atoms with Crippen molar-refractivity contribution in [3.8, 4) is 17.2 Å². The maximum Gasteiger partial charge on any atom is 0.154 e. The first-order valence-corrected chi connectivity index (χ1v) is 6.64. The Morgan fingerprint density at radius 3 is 2.45 bits per heavy atom. The van der Waals surface area contributed by atoms with Crippen LogP contribution in [-0.4, -0.2) is 11.7 Å². The van der Waals surface area contributed by atoms with E-state index in [0.29, 0.717) is 35.1 Å². The van der Waals surface area contributed by atoms with E-state index in [-0.39, 0.29) is 6.61 Å². The van der Waals surface area contributed by atoms with Crippen molar-refractivity contribution in [2.45, 2.75) is 20.0 Å². The molecule has 2 aromatic rings. The number of benzene rings is 2. The van der Waals surface area contributed by atoms with E-state index < -0.39 is 0 Å². The molecule has 0 aliphatic rings. The lowest BCUT2D eigenvalue weighted by Gasteiger charge is -2.14. The number of ether oxygens (including phenoxy) is 2. The van der Waals surface area contributed by atoms with Gasteiger partial charge in [0.2, 0.25) is 0 Å². The van der Waals surface area contributed by atoms with E-state index in [9.17, 15) is 5.11 Å². The zero-order valence-corrected chi connectivity index (χ0v) is 11.5. The van der Waals surface area contributed by atoms with Crippen molar-refractivity contribution in [2.24, 2.45) is 0 Å². The van der Waals surface area contributed by atoms with E-state index >= 15 is 0 Å². The number of hydrogen-bond acceptors (Lipinski definition) is 4. The molecule has 2 rings (SSSR count). The second-order valence-electron chi connectivity index (χ2n) is 4.38. The predicted octanol–water partition coefficient (Wildman–Crippen LogP) is 3.34. The van der Waals surface area contributed by atoms with Crippen molar-refractivity contribution in [1.29, 1.82) is 0 Å². The monoisotopic (exact) mass is 273 g/mol. The molecular formula is C16H19NO3. The number of nitrogens with two attached hydrogens (primary N) is 1. The molecule has 0 fully saturated rings. The smallest absolute Gasteiger partial charge is 0.154 e. The largest absolute Gasteiger partial charge is 0.491 e. The summed E-state index contributed by atoms with van der Waals surface area (Å²) in [5.41, 5.74) is 7.23. The Labute approximate surface area is 118 Å². The highest BCUT2D eigenvalue weighted by Crippen LogP contribution is 2.35. The van der Waals surface area contributed by atoms with Gasteiger partial charge >= 0.3 is 0 Å². The molecule has 4 nitrogen and oxygen atoms in total. The summed E-state index contributed by atoms with van der Waals surface area (Å²) in [5, 5.41) is 9.30. The van der Waals surface area contributed by atoms with Crippen LogP contribution in [0.2, 0.25) is 0 Å². The SMILES string of the molecule is CCCOc1cccc(Oc2ccccc2CO)c1N. The minimum absolute atomic E-state index is 0.0812. The fraction of sp³-hybridized carbons (Fsp3) is 0.250. The molecule has 0 amide bonds. The zero-order chi connectivity index (χ0) is 14.4. The summed E-state index contributed by atoms with van der Waals surface area (Å²) >= 11 is 0. The van der Waals surface area contributed by atoms with E-state index in [1.165, 1.54) is 0 Å². The average Bonchev–Trinajstić information content (AvgIpc) is 2.48. The van der Waals surface area contributed by atoms with Crippen molar-refractivity contribution in [3.63, 3.8) is 0 Å². The van der Waals surface area contributed by atoms with Crippen LogP contribution in [0.25, 0.3) is 0 Å². The molecule has 0 aromatic heterocycles. The molecule has 0 saturated carbocycles. The van der Waals surface area contributed by atoms with Gasteiger partial charge in [-0.15, -0.1) is 0 Å². The zero-order valence-electron chi connectivity index (χ0n) is 11.5. The number of aliphatic hydroxyl groups excluding tert-OH is 1. The summed E-state index contributed by atoms with van der Waals surface area (Å²) in [6.07, 6.45) is 0.915. The summed E-state index contributed by atoms with van der Waals surface area (Å²) in [6, 6.07) is 12.7. The summed E-state index contributed by atoms with van der Waals surface area (Å²) in [7, 11) is 0. The third-order valence-corrected chi connectivity index (χ3v) is 2.85. The Bertz CT molecular complexity index is 569. The molecule has 0 unspecified atom stereocenters. The molecule has 3 N–H and O–H groups in total. The first-order chi connectivity index (χ1) is 9.76. The molecule has 0 aliphatic heterocycles. The van der Waals surface area contributed by atoms with Crippen LogP contribution < -0.4 is 15.2 Å². The fourth-order valence-corrected chi connectivity index (χ4v) is 1.80. The molecule has 0 atom stereocenters. The van der Waals surface area contributed by atoms with Gasteiger partial charge in [0.15, 0.2) is 5.75 Å². The van der Waals surface area contributed by atoms with Crippen molar-refractivity contribution in [3.05, 3.63) is 48.0 Å².